The quantitative estimate of drug-likeness (QED) is 0.225. The lowest BCUT2D eigenvalue weighted by molar-refractivity contribution is 0.218. The van der Waals surface area contributed by atoms with Gasteiger partial charge in [-0.2, -0.15) is 0 Å². The topological polar surface area (TPSA) is 74.6 Å². The third kappa shape index (κ3) is 4.03. The molecular weight excluding hydrogens is 516 g/mol. The van der Waals surface area contributed by atoms with Crippen molar-refractivity contribution >= 4 is 0 Å². The normalized spacial score (nSPS) is 20.9. The van der Waals surface area contributed by atoms with Crippen LogP contribution in [0.15, 0.2) is 60.7 Å². The number of aromatic hydroxyl groups is 2. The van der Waals surface area contributed by atoms with Crippen LogP contribution in [0.2, 0.25) is 0 Å². The second-order valence-electron chi connectivity index (χ2n) is 11.8. The van der Waals surface area contributed by atoms with E-state index in [2.05, 4.69) is 48.2 Å². The molecule has 2 N–H and O–H groups in total. The van der Waals surface area contributed by atoms with Crippen LogP contribution in [-0.4, -0.2) is 47.2 Å². The summed E-state index contributed by atoms with van der Waals surface area (Å²) >= 11 is 0. The van der Waals surface area contributed by atoms with Crippen molar-refractivity contribution in [1.82, 2.24) is 9.80 Å². The van der Waals surface area contributed by atoms with Crippen molar-refractivity contribution in [3.05, 3.63) is 94.0 Å². The summed E-state index contributed by atoms with van der Waals surface area (Å²) in [5.74, 6) is 3.71. The van der Waals surface area contributed by atoms with E-state index >= 15 is 0 Å². The molecule has 4 aromatic carbocycles. The molecular formula is C34H32N2O5. The van der Waals surface area contributed by atoms with E-state index in [1.165, 1.54) is 11.1 Å². The van der Waals surface area contributed by atoms with Crippen LogP contribution < -0.4 is 14.2 Å². The smallest absolute Gasteiger partial charge is 0.212 e. The maximum Gasteiger partial charge on any atom is 0.212 e. The Labute approximate surface area is 239 Å². The molecule has 0 fully saturated rings. The standard InChI is InChI=1S/C34H32N2O5/c1-35-11-9-21-17-30-31-18-24(21)25(35)14-20-5-8-27(37)29(15-20)39-23-6-3-19(4-7-23)13-26-32-22(10-12-36(26)2)16-28(38)33(40-30)34(32)41-31/h3-8,15-18,25-26,37-38H,9-14H2,1-2H3/t25-,26+/m1/s1. The number of ether oxygens (including phenoxy) is 3. The van der Waals surface area contributed by atoms with Gasteiger partial charge in [-0.05, 0) is 110 Å². The minimum Gasteiger partial charge on any atom is -0.504 e. The fraction of sp³-hybridized carbons (Fsp3) is 0.294. The summed E-state index contributed by atoms with van der Waals surface area (Å²) < 4.78 is 19.4. The van der Waals surface area contributed by atoms with Gasteiger partial charge in [0.25, 0.3) is 0 Å². The highest BCUT2D eigenvalue weighted by atomic mass is 16.6. The van der Waals surface area contributed by atoms with Gasteiger partial charge in [0.2, 0.25) is 5.75 Å². The van der Waals surface area contributed by atoms with Gasteiger partial charge in [0, 0.05) is 30.7 Å². The minimum absolute atomic E-state index is 0.0427. The Morgan fingerprint density at radius 1 is 0.634 bits per heavy atom. The minimum atomic E-state index is 0.0427. The summed E-state index contributed by atoms with van der Waals surface area (Å²) in [7, 11) is 4.29. The van der Waals surface area contributed by atoms with E-state index in [1.54, 1.807) is 6.07 Å². The highest BCUT2D eigenvalue weighted by Crippen LogP contribution is 2.56. The first-order valence-corrected chi connectivity index (χ1v) is 14.3. The molecule has 7 heteroatoms. The fourth-order valence-corrected chi connectivity index (χ4v) is 6.91. The number of likely N-dealkylation sites (N-methyl/N-ethyl adjacent to an activating group) is 2. The molecule has 0 saturated carbocycles. The van der Waals surface area contributed by atoms with Gasteiger partial charge >= 0.3 is 0 Å². The number of phenols is 2. The van der Waals surface area contributed by atoms with E-state index in [9.17, 15) is 10.2 Å². The molecule has 5 aliphatic heterocycles. The molecule has 0 saturated heterocycles. The molecule has 0 aliphatic carbocycles. The van der Waals surface area contributed by atoms with Gasteiger partial charge in [-0.15, -0.1) is 0 Å². The molecule has 0 unspecified atom stereocenters. The van der Waals surface area contributed by atoms with Gasteiger partial charge in [-0.25, -0.2) is 0 Å². The van der Waals surface area contributed by atoms with Crippen molar-refractivity contribution in [2.24, 2.45) is 0 Å². The third-order valence-electron chi connectivity index (χ3n) is 9.23. The first-order valence-electron chi connectivity index (χ1n) is 14.3. The number of rotatable bonds is 0. The molecule has 0 aromatic heterocycles. The number of benzene rings is 4. The van der Waals surface area contributed by atoms with Gasteiger partial charge < -0.3 is 24.4 Å². The van der Waals surface area contributed by atoms with Gasteiger partial charge in [0.15, 0.2) is 34.5 Å². The molecule has 2 atom stereocenters. The largest absolute Gasteiger partial charge is 0.504 e. The van der Waals surface area contributed by atoms with Crippen molar-refractivity contribution in [2.75, 3.05) is 27.2 Å². The fourth-order valence-electron chi connectivity index (χ4n) is 6.91. The Kier molecular flexibility index (Phi) is 5.49. The van der Waals surface area contributed by atoms with Crippen LogP contribution in [0.1, 0.15) is 45.5 Å². The van der Waals surface area contributed by atoms with Crippen molar-refractivity contribution in [3.8, 4) is 46.0 Å². The van der Waals surface area contributed by atoms with Crippen LogP contribution in [0, 0.1) is 0 Å². The molecule has 208 valence electrons. The van der Waals surface area contributed by atoms with Gasteiger partial charge in [0.05, 0.1) is 0 Å². The van der Waals surface area contributed by atoms with Gasteiger partial charge in [0.1, 0.15) is 5.75 Å². The molecule has 5 aliphatic rings. The van der Waals surface area contributed by atoms with Crippen LogP contribution >= 0.6 is 0 Å². The number of hydrogen-bond donors (Lipinski definition) is 2. The van der Waals surface area contributed by atoms with Gasteiger partial charge in [-0.3, -0.25) is 9.80 Å². The van der Waals surface area contributed by atoms with E-state index in [1.807, 2.05) is 30.3 Å². The van der Waals surface area contributed by atoms with E-state index < -0.39 is 0 Å². The van der Waals surface area contributed by atoms with E-state index in [-0.39, 0.29) is 23.6 Å². The predicted molar refractivity (Wildman–Crippen MR) is 155 cm³/mol. The number of hydrogen-bond acceptors (Lipinski definition) is 7. The second-order valence-corrected chi connectivity index (χ2v) is 11.8. The Bertz CT molecular complexity index is 1700. The molecule has 7 bridgehead atoms. The lowest BCUT2D eigenvalue weighted by Crippen LogP contribution is -2.34. The van der Waals surface area contributed by atoms with Crippen LogP contribution in [0.25, 0.3) is 0 Å². The average molecular weight is 549 g/mol. The first kappa shape index (κ1) is 24.6. The number of nitrogens with zero attached hydrogens (tertiary/aromatic N) is 2. The second kappa shape index (κ2) is 9.16. The van der Waals surface area contributed by atoms with Crippen molar-refractivity contribution < 1.29 is 24.4 Å². The summed E-state index contributed by atoms with van der Waals surface area (Å²) in [6.07, 6.45) is 3.23. The Morgan fingerprint density at radius 2 is 1.32 bits per heavy atom. The lowest BCUT2D eigenvalue weighted by Gasteiger charge is -2.38. The van der Waals surface area contributed by atoms with E-state index in [0.717, 1.165) is 61.0 Å². The molecule has 0 spiro atoms. The van der Waals surface area contributed by atoms with Gasteiger partial charge in [-0.1, -0.05) is 18.2 Å². The molecule has 5 heterocycles. The van der Waals surface area contributed by atoms with Crippen LogP contribution in [0.3, 0.4) is 0 Å². The molecule has 9 rings (SSSR count). The van der Waals surface area contributed by atoms with Crippen LogP contribution in [-0.2, 0) is 25.7 Å². The highest BCUT2D eigenvalue weighted by Gasteiger charge is 2.36. The number of fused-ring (bicyclic) bond motifs is 2. The van der Waals surface area contributed by atoms with Crippen LogP contribution in [0.5, 0.6) is 46.0 Å². The third-order valence-corrected chi connectivity index (χ3v) is 9.23. The summed E-state index contributed by atoms with van der Waals surface area (Å²) in [5.41, 5.74) is 6.82. The predicted octanol–water partition coefficient (Wildman–Crippen LogP) is 6.64. The van der Waals surface area contributed by atoms with Crippen LogP contribution in [0.4, 0.5) is 0 Å². The maximum atomic E-state index is 11.1. The summed E-state index contributed by atoms with van der Waals surface area (Å²) in [6, 6.07) is 19.9. The molecule has 7 nitrogen and oxygen atoms in total. The van der Waals surface area contributed by atoms with Crippen molar-refractivity contribution in [2.45, 2.75) is 37.8 Å². The molecule has 41 heavy (non-hydrogen) atoms. The average Bonchev–Trinajstić information content (AvgIpc) is 2.97. The Hall–Kier alpha value is -4.20. The summed E-state index contributed by atoms with van der Waals surface area (Å²) in [6.45, 7) is 1.79. The maximum absolute atomic E-state index is 11.1. The molecule has 4 aromatic rings. The molecule has 0 amide bonds. The first-order chi connectivity index (χ1) is 19.9. The van der Waals surface area contributed by atoms with Crippen molar-refractivity contribution in [1.29, 1.82) is 0 Å². The highest BCUT2D eigenvalue weighted by molar-refractivity contribution is 5.67. The van der Waals surface area contributed by atoms with E-state index in [0.29, 0.717) is 34.5 Å². The zero-order chi connectivity index (χ0) is 27.8. The SMILES string of the molecule is CN1CCc2cc3c4cc2[C@H]1Cc1ccc(O)c(c1)Oc1ccc(cc1)C[C@H]1c2c(cc(O)c(c2O4)O3)CCN1C. The van der Waals surface area contributed by atoms with E-state index in [4.69, 9.17) is 14.2 Å². The Balaban J connectivity index is 1.33. The summed E-state index contributed by atoms with van der Waals surface area (Å²) in [4.78, 5) is 4.72. The molecule has 0 radical (unpaired) electrons. The summed E-state index contributed by atoms with van der Waals surface area (Å²) in [5, 5.41) is 21.7. The monoisotopic (exact) mass is 548 g/mol. The van der Waals surface area contributed by atoms with Crippen molar-refractivity contribution in [3.63, 3.8) is 0 Å². The number of phenolic OH excluding ortho intramolecular Hbond substituents is 2. The lowest BCUT2D eigenvalue weighted by atomic mass is 9.86. The zero-order valence-electron chi connectivity index (χ0n) is 23.2. The zero-order valence-corrected chi connectivity index (χ0v) is 23.2. The Morgan fingerprint density at radius 3 is 2.15 bits per heavy atom.